The van der Waals surface area contributed by atoms with Gasteiger partial charge in [-0.1, -0.05) is 37.8 Å². The molecule has 1 heterocycles. The number of hydrogen-bond donors (Lipinski definition) is 3. The summed E-state index contributed by atoms with van der Waals surface area (Å²) >= 11 is 6.32. The van der Waals surface area contributed by atoms with E-state index in [1.54, 1.807) is 12.1 Å². The lowest BCUT2D eigenvalue weighted by molar-refractivity contribution is -0.136. The molecule has 0 radical (unpaired) electrons. The van der Waals surface area contributed by atoms with Crippen LogP contribution in [0.1, 0.15) is 55.1 Å². The third kappa shape index (κ3) is 4.89. The Kier molecular flexibility index (Phi) is 6.70. The maximum Gasteiger partial charge on any atom is 0.352 e. The van der Waals surface area contributed by atoms with Gasteiger partial charge in [-0.05, 0) is 24.5 Å². The summed E-state index contributed by atoms with van der Waals surface area (Å²) < 4.78 is 5.70. The summed E-state index contributed by atoms with van der Waals surface area (Å²) in [6.07, 6.45) is 4.27. The zero-order valence-electron chi connectivity index (χ0n) is 14.1. The number of H-pyrrole nitrogens is 1. The lowest BCUT2D eigenvalue weighted by Gasteiger charge is -2.08. The monoisotopic (exact) mass is 367 g/mol. The predicted molar refractivity (Wildman–Crippen MR) is 95.9 cm³/mol. The number of aromatic nitrogens is 1. The Bertz CT molecular complexity index is 768. The number of ether oxygens (including phenoxy) is 1. The fourth-order valence-electron chi connectivity index (χ4n) is 2.79. The lowest BCUT2D eigenvalue weighted by atomic mass is 10.1. The minimum Gasteiger partial charge on any atom is -0.493 e. The minimum absolute atomic E-state index is 0.0294. The van der Waals surface area contributed by atoms with Gasteiger partial charge in [0.15, 0.2) is 0 Å². The Morgan fingerprint density at radius 1 is 1.20 bits per heavy atom. The van der Waals surface area contributed by atoms with Gasteiger partial charge in [0, 0.05) is 17.9 Å². The molecule has 0 unspecified atom stereocenters. The average Bonchev–Trinajstić information content (AvgIpc) is 2.92. The quantitative estimate of drug-likeness (QED) is 0.537. The Hall–Kier alpha value is -2.21. The van der Waals surface area contributed by atoms with Gasteiger partial charge in [-0.15, -0.1) is 0 Å². The van der Waals surface area contributed by atoms with E-state index in [1.807, 2.05) is 0 Å². The highest BCUT2D eigenvalue weighted by Gasteiger charge is 2.20. The molecule has 1 aromatic carbocycles. The van der Waals surface area contributed by atoms with Gasteiger partial charge in [0.25, 0.3) is 0 Å². The second kappa shape index (κ2) is 8.76. The van der Waals surface area contributed by atoms with Crippen LogP contribution in [0.2, 0.25) is 5.02 Å². The number of rotatable bonds is 10. The number of aromatic carboxylic acids is 1. The van der Waals surface area contributed by atoms with E-state index in [9.17, 15) is 14.7 Å². The highest BCUT2D eigenvalue weighted by Crippen LogP contribution is 2.34. The smallest absolute Gasteiger partial charge is 0.352 e. The van der Waals surface area contributed by atoms with E-state index >= 15 is 0 Å². The third-order valence-electron chi connectivity index (χ3n) is 4.00. The van der Waals surface area contributed by atoms with E-state index in [2.05, 4.69) is 11.9 Å². The van der Waals surface area contributed by atoms with Crippen LogP contribution in [0.3, 0.4) is 0 Å². The lowest BCUT2D eigenvalue weighted by Crippen LogP contribution is -2.04. The Morgan fingerprint density at radius 2 is 1.96 bits per heavy atom. The highest BCUT2D eigenvalue weighted by atomic mass is 35.5. The van der Waals surface area contributed by atoms with E-state index in [1.165, 1.54) is 0 Å². The number of benzene rings is 1. The zero-order valence-corrected chi connectivity index (χ0v) is 14.9. The molecule has 6 nitrogen and oxygen atoms in total. The van der Waals surface area contributed by atoms with Crippen molar-refractivity contribution in [1.82, 2.24) is 4.98 Å². The van der Waals surface area contributed by atoms with Crippen LogP contribution in [0.15, 0.2) is 12.1 Å². The Balaban J connectivity index is 2.27. The molecule has 0 saturated heterocycles. The Labute approximate surface area is 150 Å². The molecule has 0 bridgehead atoms. The van der Waals surface area contributed by atoms with E-state index in [4.69, 9.17) is 21.4 Å². The average molecular weight is 368 g/mol. The second-order valence-electron chi connectivity index (χ2n) is 5.91. The van der Waals surface area contributed by atoms with Gasteiger partial charge in [-0.3, -0.25) is 4.79 Å². The van der Waals surface area contributed by atoms with E-state index < -0.39 is 11.9 Å². The topological polar surface area (TPSA) is 99.6 Å². The van der Waals surface area contributed by atoms with Crippen LogP contribution in [0.25, 0.3) is 10.9 Å². The number of halogens is 1. The van der Waals surface area contributed by atoms with Crippen molar-refractivity contribution >= 4 is 34.4 Å². The van der Waals surface area contributed by atoms with Crippen LogP contribution >= 0.6 is 11.6 Å². The van der Waals surface area contributed by atoms with Gasteiger partial charge in [-0.2, -0.15) is 0 Å². The number of carboxylic acid groups (broad SMARTS) is 2. The van der Waals surface area contributed by atoms with E-state index in [0.717, 1.165) is 25.7 Å². The number of fused-ring (bicyclic) bond motifs is 1. The first kappa shape index (κ1) is 19.1. The van der Waals surface area contributed by atoms with Crippen LogP contribution in [0.4, 0.5) is 0 Å². The summed E-state index contributed by atoms with van der Waals surface area (Å²) in [5.74, 6) is -1.57. The third-order valence-corrected chi connectivity index (χ3v) is 4.29. The fourth-order valence-corrected chi connectivity index (χ4v) is 3.11. The maximum absolute atomic E-state index is 11.5. The van der Waals surface area contributed by atoms with Gasteiger partial charge in [0.1, 0.15) is 11.4 Å². The molecule has 25 heavy (non-hydrogen) atoms. The Morgan fingerprint density at radius 3 is 2.60 bits per heavy atom. The molecule has 136 valence electrons. The van der Waals surface area contributed by atoms with Crippen molar-refractivity contribution in [3.05, 3.63) is 28.4 Å². The molecular formula is C18H22ClNO5. The zero-order chi connectivity index (χ0) is 18.4. The SMILES string of the molecule is CCCCCCOc1cc(Cl)c2c(CCC(=O)O)c(C(=O)O)[nH]c2c1. The minimum atomic E-state index is -1.14. The predicted octanol–water partition coefficient (Wildman–Crippen LogP) is 4.50. The summed E-state index contributed by atoms with van der Waals surface area (Å²) in [6, 6.07) is 3.35. The molecule has 2 aromatic rings. The van der Waals surface area contributed by atoms with Crippen molar-refractivity contribution in [2.45, 2.75) is 45.4 Å². The first-order valence-corrected chi connectivity index (χ1v) is 8.73. The standard InChI is InChI=1S/C18H22ClNO5/c1-2-3-4-5-8-25-11-9-13(19)16-12(6-7-15(21)22)17(18(23)24)20-14(16)10-11/h9-10,20H,2-8H2,1H3,(H,21,22)(H,23,24). The van der Waals surface area contributed by atoms with Crippen molar-refractivity contribution in [1.29, 1.82) is 0 Å². The molecule has 0 saturated carbocycles. The van der Waals surface area contributed by atoms with Gasteiger partial charge in [-0.25, -0.2) is 4.79 Å². The first-order valence-electron chi connectivity index (χ1n) is 8.36. The molecule has 0 aliphatic rings. The van der Waals surface area contributed by atoms with Crippen molar-refractivity contribution in [3.63, 3.8) is 0 Å². The molecule has 2 rings (SSSR count). The summed E-state index contributed by atoms with van der Waals surface area (Å²) in [6.45, 7) is 2.71. The molecule has 7 heteroatoms. The van der Waals surface area contributed by atoms with Crippen LogP contribution in [0.5, 0.6) is 5.75 Å². The normalized spacial score (nSPS) is 11.0. The first-order chi connectivity index (χ1) is 11.9. The second-order valence-corrected chi connectivity index (χ2v) is 6.32. The number of aromatic amines is 1. The van der Waals surface area contributed by atoms with E-state index in [-0.39, 0.29) is 18.5 Å². The molecule has 1 aromatic heterocycles. The van der Waals surface area contributed by atoms with Crippen LogP contribution in [-0.2, 0) is 11.2 Å². The molecular weight excluding hydrogens is 346 g/mol. The van der Waals surface area contributed by atoms with Crippen LogP contribution in [-0.4, -0.2) is 33.7 Å². The molecule has 0 fully saturated rings. The molecule has 0 atom stereocenters. The number of unbranched alkanes of at least 4 members (excludes halogenated alkanes) is 3. The van der Waals surface area contributed by atoms with Gasteiger partial charge in [0.05, 0.1) is 17.1 Å². The number of aliphatic carboxylic acids is 1. The number of nitrogens with one attached hydrogen (secondary N) is 1. The summed E-state index contributed by atoms with van der Waals surface area (Å²) in [4.78, 5) is 25.1. The van der Waals surface area contributed by atoms with Crippen molar-refractivity contribution in [3.8, 4) is 5.75 Å². The van der Waals surface area contributed by atoms with Crippen LogP contribution < -0.4 is 4.74 Å². The van der Waals surface area contributed by atoms with Crippen LogP contribution in [0, 0.1) is 0 Å². The molecule has 0 spiro atoms. The number of hydrogen-bond acceptors (Lipinski definition) is 3. The number of carboxylic acids is 2. The molecule has 3 N–H and O–H groups in total. The van der Waals surface area contributed by atoms with E-state index in [0.29, 0.717) is 33.8 Å². The maximum atomic E-state index is 11.5. The molecule has 0 amide bonds. The van der Waals surface area contributed by atoms with Gasteiger partial charge in [0.2, 0.25) is 0 Å². The fraction of sp³-hybridized carbons (Fsp3) is 0.444. The highest BCUT2D eigenvalue weighted by molar-refractivity contribution is 6.36. The number of carbonyl (C=O) groups is 2. The van der Waals surface area contributed by atoms with Crippen molar-refractivity contribution in [2.75, 3.05) is 6.61 Å². The number of aryl methyl sites for hydroxylation is 1. The van der Waals surface area contributed by atoms with Gasteiger partial charge < -0.3 is 19.9 Å². The summed E-state index contributed by atoms with van der Waals surface area (Å²) in [5.41, 5.74) is 0.913. The summed E-state index contributed by atoms with van der Waals surface area (Å²) in [5, 5.41) is 19.1. The molecule has 0 aliphatic heterocycles. The van der Waals surface area contributed by atoms with Crippen molar-refractivity contribution in [2.24, 2.45) is 0 Å². The molecule has 0 aliphatic carbocycles. The largest absolute Gasteiger partial charge is 0.493 e. The summed E-state index contributed by atoms with van der Waals surface area (Å²) in [7, 11) is 0. The van der Waals surface area contributed by atoms with Gasteiger partial charge >= 0.3 is 11.9 Å². The van der Waals surface area contributed by atoms with Crippen molar-refractivity contribution < 1.29 is 24.5 Å².